The summed E-state index contributed by atoms with van der Waals surface area (Å²) in [4.78, 5) is 0. The van der Waals surface area contributed by atoms with Crippen molar-refractivity contribution in [2.24, 2.45) is 0 Å². The summed E-state index contributed by atoms with van der Waals surface area (Å²) in [5.41, 5.74) is 2.72. The Hall–Kier alpha value is -0.980. The van der Waals surface area contributed by atoms with Crippen molar-refractivity contribution in [2.75, 3.05) is 0 Å². The van der Waals surface area contributed by atoms with E-state index in [0.717, 1.165) is 18.6 Å². The third kappa shape index (κ3) is 2.53. The molecular weight excluding hydrogens is 184 g/mol. The summed E-state index contributed by atoms with van der Waals surface area (Å²) in [6.45, 7) is 10.5. The average Bonchev–Trinajstić information content (AvgIpc) is 2.58. The van der Waals surface area contributed by atoms with Gasteiger partial charge < -0.3 is 4.74 Å². The van der Waals surface area contributed by atoms with Crippen LogP contribution >= 0.6 is 0 Å². The number of aryl methyl sites for hydroxylation is 1. The van der Waals surface area contributed by atoms with Crippen LogP contribution in [0.25, 0.3) is 0 Å². The van der Waals surface area contributed by atoms with Crippen LogP contribution in [0.4, 0.5) is 0 Å². The normalized spacial score (nSPS) is 22.5. The molecule has 0 amide bonds. The van der Waals surface area contributed by atoms with E-state index in [2.05, 4.69) is 39.0 Å². The highest BCUT2D eigenvalue weighted by Crippen LogP contribution is 2.36. The number of benzene rings is 1. The van der Waals surface area contributed by atoms with Gasteiger partial charge >= 0.3 is 0 Å². The van der Waals surface area contributed by atoms with E-state index in [1.165, 1.54) is 11.1 Å². The first-order valence-electron chi connectivity index (χ1n) is 5.91. The van der Waals surface area contributed by atoms with Crippen LogP contribution in [0, 0.1) is 6.92 Å². The number of rotatable bonds is 1. The van der Waals surface area contributed by atoms with Crippen LogP contribution in [0.2, 0.25) is 0 Å². The summed E-state index contributed by atoms with van der Waals surface area (Å²) in [6, 6.07) is 6.43. The number of fused-ring (bicyclic) bond motifs is 1. The number of hydrogen-bond acceptors (Lipinski definition) is 1. The first kappa shape index (κ1) is 12.1. The first-order chi connectivity index (χ1) is 7.13. The third-order valence-electron chi connectivity index (χ3n) is 2.88. The maximum Gasteiger partial charge on any atom is 0.123 e. The van der Waals surface area contributed by atoms with Crippen molar-refractivity contribution < 1.29 is 4.74 Å². The standard InChI is InChI=1S/C12H16O.C2H6/c1-4-12(3)8-10-7-9(2)5-6-11(10)13-12;1-2/h5-7H,4,8H2,1-3H3;1-2H3/t12-;/m0./s1. The van der Waals surface area contributed by atoms with Gasteiger partial charge in [-0.1, -0.05) is 38.5 Å². The zero-order valence-electron chi connectivity index (χ0n) is 10.6. The Morgan fingerprint density at radius 3 is 2.60 bits per heavy atom. The maximum atomic E-state index is 5.90. The maximum absolute atomic E-state index is 5.90. The second kappa shape index (κ2) is 4.69. The van der Waals surface area contributed by atoms with Crippen LogP contribution in [0.15, 0.2) is 18.2 Å². The number of hydrogen-bond donors (Lipinski definition) is 0. The lowest BCUT2D eigenvalue weighted by atomic mass is 9.96. The molecule has 1 heterocycles. The molecule has 0 aromatic heterocycles. The molecule has 0 fully saturated rings. The third-order valence-corrected chi connectivity index (χ3v) is 2.88. The van der Waals surface area contributed by atoms with Gasteiger partial charge in [-0.05, 0) is 31.9 Å². The molecule has 84 valence electrons. The average molecular weight is 206 g/mol. The molecule has 0 radical (unpaired) electrons. The van der Waals surface area contributed by atoms with Crippen molar-refractivity contribution >= 4 is 0 Å². The monoisotopic (exact) mass is 206 g/mol. The van der Waals surface area contributed by atoms with Gasteiger partial charge in [0.15, 0.2) is 0 Å². The highest BCUT2D eigenvalue weighted by atomic mass is 16.5. The molecule has 0 bridgehead atoms. The highest BCUT2D eigenvalue weighted by molar-refractivity contribution is 5.41. The Bertz CT molecular complexity index is 330. The lowest BCUT2D eigenvalue weighted by molar-refractivity contribution is 0.112. The van der Waals surface area contributed by atoms with Crippen molar-refractivity contribution in [3.05, 3.63) is 29.3 Å². The zero-order chi connectivity index (χ0) is 11.5. The van der Waals surface area contributed by atoms with Crippen molar-refractivity contribution in [3.63, 3.8) is 0 Å². The van der Waals surface area contributed by atoms with Crippen LogP contribution in [0.1, 0.15) is 45.2 Å². The summed E-state index contributed by atoms with van der Waals surface area (Å²) >= 11 is 0. The van der Waals surface area contributed by atoms with Gasteiger partial charge in [0, 0.05) is 6.42 Å². The SMILES string of the molecule is CC.CC[C@@]1(C)Cc2cc(C)ccc2O1. The molecule has 15 heavy (non-hydrogen) atoms. The molecule has 1 nitrogen and oxygen atoms in total. The molecular formula is C14H22O. The van der Waals surface area contributed by atoms with Gasteiger partial charge in [-0.15, -0.1) is 0 Å². The summed E-state index contributed by atoms with van der Waals surface area (Å²) in [5.74, 6) is 1.08. The van der Waals surface area contributed by atoms with Gasteiger partial charge in [-0.25, -0.2) is 0 Å². The zero-order valence-corrected chi connectivity index (χ0v) is 10.6. The Morgan fingerprint density at radius 2 is 2.00 bits per heavy atom. The topological polar surface area (TPSA) is 9.23 Å². The molecule has 1 aliphatic rings. The summed E-state index contributed by atoms with van der Waals surface area (Å²) in [6.07, 6.45) is 2.13. The largest absolute Gasteiger partial charge is 0.487 e. The fraction of sp³-hybridized carbons (Fsp3) is 0.571. The Morgan fingerprint density at radius 1 is 1.33 bits per heavy atom. The van der Waals surface area contributed by atoms with Crippen LogP contribution in [-0.2, 0) is 6.42 Å². The Labute approximate surface area is 93.5 Å². The van der Waals surface area contributed by atoms with Crippen molar-refractivity contribution in [2.45, 2.75) is 53.1 Å². The number of ether oxygens (including phenoxy) is 1. The Kier molecular flexibility index (Phi) is 3.78. The minimum Gasteiger partial charge on any atom is -0.487 e. The lowest BCUT2D eigenvalue weighted by Crippen LogP contribution is -2.28. The van der Waals surface area contributed by atoms with E-state index < -0.39 is 0 Å². The minimum absolute atomic E-state index is 0.0378. The van der Waals surface area contributed by atoms with Gasteiger partial charge in [-0.2, -0.15) is 0 Å². The molecule has 0 N–H and O–H groups in total. The van der Waals surface area contributed by atoms with Gasteiger partial charge in [0.1, 0.15) is 11.4 Å². The van der Waals surface area contributed by atoms with Gasteiger partial charge in [0.05, 0.1) is 0 Å². The van der Waals surface area contributed by atoms with E-state index in [-0.39, 0.29) is 5.60 Å². The predicted octanol–water partition coefficient (Wildman–Crippen LogP) is 4.12. The van der Waals surface area contributed by atoms with E-state index in [1.54, 1.807) is 0 Å². The molecule has 1 aromatic rings. The predicted molar refractivity (Wildman–Crippen MR) is 65.6 cm³/mol. The van der Waals surface area contributed by atoms with Crippen LogP contribution in [0.5, 0.6) is 5.75 Å². The molecule has 1 heteroatoms. The molecule has 0 spiro atoms. The molecule has 1 aromatic carbocycles. The van der Waals surface area contributed by atoms with E-state index >= 15 is 0 Å². The van der Waals surface area contributed by atoms with E-state index in [9.17, 15) is 0 Å². The van der Waals surface area contributed by atoms with Crippen molar-refractivity contribution in [1.82, 2.24) is 0 Å². The van der Waals surface area contributed by atoms with E-state index in [0.29, 0.717) is 0 Å². The summed E-state index contributed by atoms with van der Waals surface area (Å²) < 4.78 is 5.90. The minimum atomic E-state index is 0.0378. The van der Waals surface area contributed by atoms with Gasteiger partial charge in [-0.3, -0.25) is 0 Å². The van der Waals surface area contributed by atoms with E-state index in [4.69, 9.17) is 4.74 Å². The van der Waals surface area contributed by atoms with Crippen LogP contribution in [0.3, 0.4) is 0 Å². The molecule has 0 saturated heterocycles. The van der Waals surface area contributed by atoms with Gasteiger partial charge in [0.2, 0.25) is 0 Å². The fourth-order valence-electron chi connectivity index (χ4n) is 1.85. The van der Waals surface area contributed by atoms with Crippen LogP contribution < -0.4 is 4.74 Å². The molecule has 0 aliphatic carbocycles. The fourth-order valence-corrected chi connectivity index (χ4v) is 1.85. The molecule has 1 atom stereocenters. The van der Waals surface area contributed by atoms with E-state index in [1.807, 2.05) is 13.8 Å². The highest BCUT2D eigenvalue weighted by Gasteiger charge is 2.32. The summed E-state index contributed by atoms with van der Waals surface area (Å²) in [5, 5.41) is 0. The second-order valence-corrected chi connectivity index (χ2v) is 4.19. The van der Waals surface area contributed by atoms with Gasteiger partial charge in [0.25, 0.3) is 0 Å². The molecule has 0 saturated carbocycles. The van der Waals surface area contributed by atoms with Crippen molar-refractivity contribution in [3.8, 4) is 5.75 Å². The molecule has 2 rings (SSSR count). The quantitative estimate of drug-likeness (QED) is 0.671. The van der Waals surface area contributed by atoms with Crippen LogP contribution in [-0.4, -0.2) is 5.60 Å². The molecule has 0 unspecified atom stereocenters. The Balaban J connectivity index is 0.000000531. The smallest absolute Gasteiger partial charge is 0.123 e. The second-order valence-electron chi connectivity index (χ2n) is 4.19. The first-order valence-corrected chi connectivity index (χ1v) is 5.91. The summed E-state index contributed by atoms with van der Waals surface area (Å²) in [7, 11) is 0. The lowest BCUT2D eigenvalue weighted by Gasteiger charge is -2.21. The molecule has 1 aliphatic heterocycles. The van der Waals surface area contributed by atoms with Crippen molar-refractivity contribution in [1.29, 1.82) is 0 Å².